The SMILES string of the molecule is CC/C=C\C/C=C\C/C=C\C/C=C\C/C=C\CCCCCC(=O)OCC(COC(=O)CCCCCCC/C=C\C/C=C\CC)OC(=O)CCCCC/C=C\CCCCCCCCC. The Balaban J connectivity index is 4.47. The molecule has 0 aliphatic carbocycles. The maximum absolute atomic E-state index is 12.8. The molecule has 0 aromatic heterocycles. The van der Waals surface area contributed by atoms with Gasteiger partial charge in [-0.15, -0.1) is 0 Å². The minimum absolute atomic E-state index is 0.103. The van der Waals surface area contributed by atoms with Crippen LogP contribution in [-0.2, 0) is 28.6 Å². The Morgan fingerprint density at radius 1 is 0.333 bits per heavy atom. The Morgan fingerprint density at radius 3 is 1.00 bits per heavy atom. The van der Waals surface area contributed by atoms with Gasteiger partial charge in [0.2, 0.25) is 0 Å². The summed E-state index contributed by atoms with van der Waals surface area (Å²) < 4.78 is 16.7. The van der Waals surface area contributed by atoms with Crippen LogP contribution in [0.4, 0.5) is 0 Å². The van der Waals surface area contributed by atoms with E-state index in [0.717, 1.165) is 141 Å². The molecule has 63 heavy (non-hydrogen) atoms. The fourth-order valence-electron chi connectivity index (χ4n) is 6.73. The number of carbonyl (C=O) groups is 3. The van der Waals surface area contributed by atoms with Crippen molar-refractivity contribution in [1.29, 1.82) is 0 Å². The van der Waals surface area contributed by atoms with Gasteiger partial charge in [0.25, 0.3) is 0 Å². The third-order valence-electron chi connectivity index (χ3n) is 10.6. The van der Waals surface area contributed by atoms with Gasteiger partial charge < -0.3 is 14.2 Å². The van der Waals surface area contributed by atoms with Gasteiger partial charge in [-0.05, 0) is 116 Å². The highest BCUT2D eigenvalue weighted by Crippen LogP contribution is 2.13. The second-order valence-corrected chi connectivity index (χ2v) is 16.7. The molecule has 0 aliphatic heterocycles. The molecule has 0 aliphatic rings. The minimum Gasteiger partial charge on any atom is -0.462 e. The fraction of sp³-hybridized carbons (Fsp3) is 0.667. The normalized spacial score (nSPS) is 12.9. The van der Waals surface area contributed by atoms with Crippen LogP contribution in [0.2, 0.25) is 0 Å². The van der Waals surface area contributed by atoms with Crippen molar-refractivity contribution in [2.24, 2.45) is 0 Å². The molecule has 0 spiro atoms. The summed E-state index contributed by atoms with van der Waals surface area (Å²) in [4.78, 5) is 37.9. The topological polar surface area (TPSA) is 78.9 Å². The Hall–Kier alpha value is -3.67. The molecule has 0 aromatic rings. The van der Waals surface area contributed by atoms with Gasteiger partial charge >= 0.3 is 17.9 Å². The lowest BCUT2D eigenvalue weighted by Crippen LogP contribution is -2.30. The van der Waals surface area contributed by atoms with E-state index in [4.69, 9.17) is 14.2 Å². The molecule has 0 fully saturated rings. The van der Waals surface area contributed by atoms with Crippen molar-refractivity contribution in [1.82, 2.24) is 0 Å². The smallest absolute Gasteiger partial charge is 0.306 e. The predicted octanol–water partition coefficient (Wildman–Crippen LogP) is 17.0. The number of allylic oxidation sites excluding steroid dienone is 16. The van der Waals surface area contributed by atoms with Crippen molar-refractivity contribution in [2.75, 3.05) is 13.2 Å². The first-order valence-corrected chi connectivity index (χ1v) is 25.7. The summed E-state index contributed by atoms with van der Waals surface area (Å²) in [5.41, 5.74) is 0. The molecule has 6 nitrogen and oxygen atoms in total. The molecule has 0 heterocycles. The van der Waals surface area contributed by atoms with Crippen LogP contribution in [-0.4, -0.2) is 37.2 Å². The van der Waals surface area contributed by atoms with Crippen LogP contribution in [0, 0.1) is 0 Å². The Bertz CT molecular complexity index is 1280. The number of hydrogen-bond donors (Lipinski definition) is 0. The molecule has 0 radical (unpaired) electrons. The van der Waals surface area contributed by atoms with E-state index in [-0.39, 0.29) is 31.1 Å². The largest absolute Gasteiger partial charge is 0.462 e. The van der Waals surface area contributed by atoms with E-state index in [2.05, 4.69) is 118 Å². The van der Waals surface area contributed by atoms with Crippen molar-refractivity contribution in [3.63, 3.8) is 0 Å². The van der Waals surface area contributed by atoms with E-state index in [0.29, 0.717) is 19.3 Å². The number of unbranched alkanes of at least 4 members (excludes halogenated alkanes) is 18. The van der Waals surface area contributed by atoms with Gasteiger partial charge in [0.1, 0.15) is 13.2 Å². The lowest BCUT2D eigenvalue weighted by atomic mass is 10.1. The van der Waals surface area contributed by atoms with Crippen LogP contribution in [0.25, 0.3) is 0 Å². The van der Waals surface area contributed by atoms with Crippen molar-refractivity contribution >= 4 is 17.9 Å². The maximum Gasteiger partial charge on any atom is 0.306 e. The molecule has 1 atom stereocenters. The molecular formula is C57H94O6. The van der Waals surface area contributed by atoms with Gasteiger partial charge in [-0.25, -0.2) is 0 Å². The van der Waals surface area contributed by atoms with E-state index in [1.165, 1.54) is 44.9 Å². The van der Waals surface area contributed by atoms with E-state index in [1.54, 1.807) is 0 Å². The average Bonchev–Trinajstić information content (AvgIpc) is 3.28. The van der Waals surface area contributed by atoms with Crippen LogP contribution in [0.15, 0.2) is 97.2 Å². The lowest BCUT2D eigenvalue weighted by molar-refractivity contribution is -0.167. The number of ether oxygens (including phenoxy) is 3. The standard InChI is InChI=1S/C57H94O6/c1-4-7-10-13-16-19-22-25-27-28-29-30-31-33-35-38-41-44-47-50-56(59)62-53-54(52-61-55(58)49-46-43-40-37-34-24-21-18-15-12-9-6-3)63-57(60)51-48-45-42-39-36-32-26-23-20-17-14-11-8-5-2/h7,9-10,12,16,18-19,21,25,27,29-30,32-33,35-36,54H,4-6,8,11,13-15,17,20,22-24,26,28,31,34,37-53H2,1-3H3/b10-7-,12-9-,19-16-,21-18-,27-25-,30-29-,35-33-,36-32-. The second kappa shape index (κ2) is 51.0. The van der Waals surface area contributed by atoms with Gasteiger partial charge in [-0.3, -0.25) is 14.4 Å². The summed E-state index contributed by atoms with van der Waals surface area (Å²) in [6.45, 7) is 6.34. The molecular weight excluding hydrogens is 781 g/mol. The number of hydrogen-bond acceptors (Lipinski definition) is 6. The monoisotopic (exact) mass is 875 g/mol. The summed E-state index contributed by atoms with van der Waals surface area (Å²) in [5.74, 6) is -0.969. The molecule has 0 saturated carbocycles. The number of rotatable bonds is 45. The van der Waals surface area contributed by atoms with Crippen molar-refractivity contribution in [3.05, 3.63) is 97.2 Å². The van der Waals surface area contributed by atoms with Crippen LogP contribution < -0.4 is 0 Å². The third kappa shape index (κ3) is 49.2. The van der Waals surface area contributed by atoms with Gasteiger partial charge in [0, 0.05) is 19.3 Å². The first kappa shape index (κ1) is 59.3. The number of carbonyl (C=O) groups excluding carboxylic acids is 3. The predicted molar refractivity (Wildman–Crippen MR) is 270 cm³/mol. The average molecular weight is 875 g/mol. The Labute approximate surface area is 387 Å². The summed E-state index contributed by atoms with van der Waals surface area (Å²) >= 11 is 0. The summed E-state index contributed by atoms with van der Waals surface area (Å²) in [5, 5.41) is 0. The lowest BCUT2D eigenvalue weighted by Gasteiger charge is -2.18. The first-order valence-electron chi connectivity index (χ1n) is 25.7. The van der Waals surface area contributed by atoms with Crippen LogP contribution in [0.1, 0.15) is 226 Å². The Morgan fingerprint density at radius 2 is 0.619 bits per heavy atom. The van der Waals surface area contributed by atoms with Gasteiger partial charge in [0.05, 0.1) is 0 Å². The van der Waals surface area contributed by atoms with Crippen LogP contribution >= 0.6 is 0 Å². The highest BCUT2D eigenvalue weighted by molar-refractivity contribution is 5.71. The van der Waals surface area contributed by atoms with Gasteiger partial charge in [-0.1, -0.05) is 189 Å². The number of esters is 3. The Kier molecular flexibility index (Phi) is 48.0. The summed E-state index contributed by atoms with van der Waals surface area (Å²) in [6.07, 6.45) is 66.8. The molecule has 358 valence electrons. The van der Waals surface area contributed by atoms with Gasteiger partial charge in [-0.2, -0.15) is 0 Å². The fourth-order valence-corrected chi connectivity index (χ4v) is 6.73. The third-order valence-corrected chi connectivity index (χ3v) is 10.6. The molecule has 6 heteroatoms. The highest BCUT2D eigenvalue weighted by Gasteiger charge is 2.19. The summed E-state index contributed by atoms with van der Waals surface area (Å²) in [6, 6.07) is 0. The maximum atomic E-state index is 12.8. The van der Waals surface area contributed by atoms with E-state index < -0.39 is 6.10 Å². The minimum atomic E-state index is -0.805. The highest BCUT2D eigenvalue weighted by atomic mass is 16.6. The first-order chi connectivity index (χ1) is 31.0. The second-order valence-electron chi connectivity index (χ2n) is 16.7. The van der Waals surface area contributed by atoms with E-state index in [9.17, 15) is 14.4 Å². The zero-order valence-electron chi connectivity index (χ0n) is 40.8. The summed E-state index contributed by atoms with van der Waals surface area (Å²) in [7, 11) is 0. The molecule has 1 unspecified atom stereocenters. The quantitative estimate of drug-likeness (QED) is 0.0262. The molecule has 0 aromatic carbocycles. The zero-order chi connectivity index (χ0) is 45.8. The molecule has 0 rings (SSSR count). The molecule has 0 amide bonds. The molecule has 0 bridgehead atoms. The van der Waals surface area contributed by atoms with E-state index >= 15 is 0 Å². The zero-order valence-corrected chi connectivity index (χ0v) is 40.8. The molecule has 0 N–H and O–H groups in total. The molecule has 0 saturated heterocycles. The van der Waals surface area contributed by atoms with Crippen LogP contribution in [0.3, 0.4) is 0 Å². The van der Waals surface area contributed by atoms with Gasteiger partial charge in [0.15, 0.2) is 6.10 Å². The van der Waals surface area contributed by atoms with Crippen LogP contribution in [0.5, 0.6) is 0 Å². The van der Waals surface area contributed by atoms with Crippen molar-refractivity contribution in [2.45, 2.75) is 232 Å². The van der Waals surface area contributed by atoms with E-state index in [1.807, 2.05) is 0 Å². The van der Waals surface area contributed by atoms with Crippen molar-refractivity contribution < 1.29 is 28.6 Å². The van der Waals surface area contributed by atoms with Crippen molar-refractivity contribution in [3.8, 4) is 0 Å².